The second-order valence-electron chi connectivity index (χ2n) is 3.79. The molecule has 0 aliphatic heterocycles. The van der Waals surface area contributed by atoms with Crippen molar-refractivity contribution in [3.8, 4) is 0 Å². The van der Waals surface area contributed by atoms with Gasteiger partial charge in [0, 0.05) is 5.92 Å². The number of benzene rings is 2. The molecule has 0 saturated carbocycles. The Bertz CT molecular complexity index is 521. The van der Waals surface area contributed by atoms with Gasteiger partial charge in [0.1, 0.15) is 0 Å². The molecule has 2 aromatic rings. The van der Waals surface area contributed by atoms with E-state index in [1.165, 1.54) is 21.9 Å². The summed E-state index contributed by atoms with van der Waals surface area (Å²) < 4.78 is 0. The van der Waals surface area contributed by atoms with E-state index in [0.717, 1.165) is 0 Å². The first-order chi connectivity index (χ1) is 6.84. The topological polar surface area (TPSA) is 0 Å². The zero-order valence-corrected chi connectivity index (χ0v) is 7.90. The van der Waals surface area contributed by atoms with Crippen LogP contribution >= 0.6 is 0 Å². The zero-order valence-electron chi connectivity index (χ0n) is 7.90. The molecule has 1 aliphatic carbocycles. The van der Waals surface area contributed by atoms with E-state index >= 15 is 0 Å². The number of hydrogen-bond acceptors (Lipinski definition) is 0. The quantitative estimate of drug-likeness (QED) is 0.577. The molecule has 0 heterocycles. The Morgan fingerprint density at radius 2 is 1.71 bits per heavy atom. The Morgan fingerprint density at radius 3 is 2.50 bits per heavy atom. The minimum absolute atomic E-state index is 0.328. The highest BCUT2D eigenvalue weighted by atomic mass is 14.2. The Kier molecular flexibility index (Phi) is 1.51. The van der Waals surface area contributed by atoms with Crippen molar-refractivity contribution >= 4 is 16.8 Å². The van der Waals surface area contributed by atoms with Gasteiger partial charge < -0.3 is 0 Å². The van der Waals surface area contributed by atoms with Gasteiger partial charge in [0.2, 0.25) is 0 Å². The smallest absolute Gasteiger partial charge is 0.00277 e. The van der Waals surface area contributed by atoms with Crippen LogP contribution in [0.15, 0.2) is 42.5 Å². The van der Waals surface area contributed by atoms with Crippen molar-refractivity contribution in [2.24, 2.45) is 0 Å². The SMILES string of the molecule is [CH2]C1C=Cc2cc3ccccc3cc21. The largest absolute Gasteiger partial charge is 0.0764 e. The molecular formula is C14H11. The predicted octanol–water partition coefficient (Wildman–Crippen LogP) is 3.78. The summed E-state index contributed by atoms with van der Waals surface area (Å²) in [5.74, 6) is 0.328. The normalized spacial score (nSPS) is 18.8. The van der Waals surface area contributed by atoms with Gasteiger partial charge in [0.15, 0.2) is 0 Å². The Labute approximate surface area is 83.9 Å². The first kappa shape index (κ1) is 7.81. The number of fused-ring (bicyclic) bond motifs is 2. The van der Waals surface area contributed by atoms with Crippen LogP contribution in [0.4, 0.5) is 0 Å². The average molecular weight is 179 g/mol. The van der Waals surface area contributed by atoms with E-state index < -0.39 is 0 Å². The van der Waals surface area contributed by atoms with Crippen LogP contribution < -0.4 is 0 Å². The molecule has 2 aromatic carbocycles. The number of allylic oxidation sites excluding steroid dienone is 1. The molecule has 14 heavy (non-hydrogen) atoms. The summed E-state index contributed by atoms with van der Waals surface area (Å²) in [6.07, 6.45) is 4.32. The summed E-state index contributed by atoms with van der Waals surface area (Å²) in [4.78, 5) is 0. The highest BCUT2D eigenvalue weighted by Gasteiger charge is 2.12. The fraction of sp³-hybridized carbons (Fsp3) is 0.0714. The zero-order chi connectivity index (χ0) is 9.54. The summed E-state index contributed by atoms with van der Waals surface area (Å²) in [6, 6.07) is 13.0. The van der Waals surface area contributed by atoms with Gasteiger partial charge in [-0.1, -0.05) is 36.4 Å². The Morgan fingerprint density at radius 1 is 1.00 bits per heavy atom. The molecule has 0 nitrogen and oxygen atoms in total. The Balaban J connectivity index is 2.36. The molecule has 0 aromatic heterocycles. The van der Waals surface area contributed by atoms with E-state index in [1.54, 1.807) is 0 Å². The van der Waals surface area contributed by atoms with Crippen molar-refractivity contribution < 1.29 is 0 Å². The maximum absolute atomic E-state index is 4.10. The molecule has 67 valence electrons. The third kappa shape index (κ3) is 1.00. The van der Waals surface area contributed by atoms with Gasteiger partial charge >= 0.3 is 0 Å². The molecule has 0 spiro atoms. The monoisotopic (exact) mass is 179 g/mol. The second-order valence-corrected chi connectivity index (χ2v) is 3.79. The van der Waals surface area contributed by atoms with Crippen LogP contribution in [0.5, 0.6) is 0 Å². The second kappa shape index (κ2) is 2.71. The van der Waals surface area contributed by atoms with E-state index in [4.69, 9.17) is 0 Å². The summed E-state index contributed by atoms with van der Waals surface area (Å²) in [5.41, 5.74) is 2.67. The van der Waals surface area contributed by atoms with Crippen LogP contribution in [-0.4, -0.2) is 0 Å². The molecule has 0 fully saturated rings. The molecule has 0 bridgehead atoms. The van der Waals surface area contributed by atoms with E-state index in [1.807, 2.05) is 0 Å². The predicted molar refractivity (Wildman–Crippen MR) is 61.1 cm³/mol. The third-order valence-corrected chi connectivity index (χ3v) is 2.86. The molecule has 1 unspecified atom stereocenters. The van der Waals surface area contributed by atoms with Crippen LogP contribution in [0.3, 0.4) is 0 Å². The first-order valence-corrected chi connectivity index (χ1v) is 4.88. The van der Waals surface area contributed by atoms with E-state index in [9.17, 15) is 0 Å². The van der Waals surface area contributed by atoms with Crippen LogP contribution in [0.25, 0.3) is 16.8 Å². The van der Waals surface area contributed by atoms with Crippen molar-refractivity contribution in [2.75, 3.05) is 0 Å². The standard InChI is InChI=1S/C14H11/c1-10-6-7-13-8-11-4-2-3-5-12(11)9-14(10)13/h2-10H,1H2. The summed E-state index contributed by atoms with van der Waals surface area (Å²) in [6.45, 7) is 4.10. The van der Waals surface area contributed by atoms with Crippen molar-refractivity contribution in [3.63, 3.8) is 0 Å². The number of rotatable bonds is 0. The van der Waals surface area contributed by atoms with Crippen molar-refractivity contribution in [1.82, 2.24) is 0 Å². The van der Waals surface area contributed by atoms with E-state index in [2.05, 4.69) is 55.5 Å². The number of hydrogen-bond donors (Lipinski definition) is 0. The lowest BCUT2D eigenvalue weighted by atomic mass is 9.98. The molecule has 0 N–H and O–H groups in total. The van der Waals surface area contributed by atoms with Gasteiger partial charge in [0.05, 0.1) is 0 Å². The molecule has 0 heteroatoms. The van der Waals surface area contributed by atoms with Crippen LogP contribution in [-0.2, 0) is 0 Å². The molecule has 0 saturated heterocycles. The van der Waals surface area contributed by atoms with Crippen LogP contribution in [0.1, 0.15) is 17.0 Å². The van der Waals surface area contributed by atoms with Crippen molar-refractivity contribution in [2.45, 2.75) is 5.92 Å². The maximum Gasteiger partial charge on any atom is 0.00277 e. The summed E-state index contributed by atoms with van der Waals surface area (Å²) in [7, 11) is 0. The molecular weight excluding hydrogens is 168 g/mol. The lowest BCUT2D eigenvalue weighted by Gasteiger charge is -2.06. The average Bonchev–Trinajstić information content (AvgIpc) is 2.57. The van der Waals surface area contributed by atoms with Crippen LogP contribution in [0.2, 0.25) is 0 Å². The molecule has 1 atom stereocenters. The Hall–Kier alpha value is -1.56. The van der Waals surface area contributed by atoms with E-state index in [0.29, 0.717) is 5.92 Å². The van der Waals surface area contributed by atoms with Crippen LogP contribution in [0, 0.1) is 6.92 Å². The van der Waals surface area contributed by atoms with Gasteiger partial charge in [-0.2, -0.15) is 0 Å². The maximum atomic E-state index is 4.10. The summed E-state index contributed by atoms with van der Waals surface area (Å²) in [5, 5.41) is 2.62. The highest BCUT2D eigenvalue weighted by molar-refractivity contribution is 5.87. The fourth-order valence-electron chi connectivity index (χ4n) is 2.06. The van der Waals surface area contributed by atoms with Gasteiger partial charge in [-0.25, -0.2) is 0 Å². The van der Waals surface area contributed by atoms with Crippen molar-refractivity contribution in [1.29, 1.82) is 0 Å². The van der Waals surface area contributed by atoms with Gasteiger partial charge in [0.25, 0.3) is 0 Å². The summed E-state index contributed by atoms with van der Waals surface area (Å²) >= 11 is 0. The lowest BCUT2D eigenvalue weighted by Crippen LogP contribution is -1.87. The van der Waals surface area contributed by atoms with Gasteiger partial charge in [-0.3, -0.25) is 0 Å². The van der Waals surface area contributed by atoms with Crippen molar-refractivity contribution in [3.05, 3.63) is 60.5 Å². The minimum Gasteiger partial charge on any atom is -0.0764 e. The molecule has 3 rings (SSSR count). The lowest BCUT2D eigenvalue weighted by molar-refractivity contribution is 1.11. The molecule has 0 amide bonds. The van der Waals surface area contributed by atoms with Gasteiger partial charge in [-0.05, 0) is 41.0 Å². The minimum atomic E-state index is 0.328. The first-order valence-electron chi connectivity index (χ1n) is 4.88. The molecule has 1 radical (unpaired) electrons. The van der Waals surface area contributed by atoms with E-state index in [-0.39, 0.29) is 0 Å². The third-order valence-electron chi connectivity index (χ3n) is 2.86. The fourth-order valence-corrected chi connectivity index (χ4v) is 2.06. The highest BCUT2D eigenvalue weighted by Crippen LogP contribution is 2.32. The molecule has 1 aliphatic rings. The van der Waals surface area contributed by atoms with Gasteiger partial charge in [-0.15, -0.1) is 0 Å².